The molecular weight excluding hydrogens is 345 g/mol. The molecule has 0 amide bonds. The molecule has 2 aromatic rings. The van der Waals surface area contributed by atoms with Crippen molar-refractivity contribution in [1.82, 2.24) is 0 Å². The zero-order chi connectivity index (χ0) is 13.1. The predicted molar refractivity (Wildman–Crippen MR) is 80.0 cm³/mol. The Morgan fingerprint density at radius 1 is 1.17 bits per heavy atom. The van der Waals surface area contributed by atoms with Gasteiger partial charge in [0.25, 0.3) is 5.69 Å². The van der Waals surface area contributed by atoms with E-state index in [2.05, 4.69) is 27.9 Å². The molecule has 3 N–H and O–H groups in total. The van der Waals surface area contributed by atoms with Crippen LogP contribution in [0.5, 0.6) is 0 Å². The molecule has 0 aromatic heterocycles. The number of nitrogen functional groups attached to an aromatic ring is 1. The highest BCUT2D eigenvalue weighted by Gasteiger charge is 2.09. The molecule has 0 unspecified atom stereocenters. The number of anilines is 3. The first-order valence-electron chi connectivity index (χ1n) is 5.13. The monoisotopic (exact) mass is 355 g/mol. The number of rotatable bonds is 3. The third kappa shape index (κ3) is 2.70. The molecule has 2 rings (SSSR count). The van der Waals surface area contributed by atoms with Crippen molar-refractivity contribution in [1.29, 1.82) is 0 Å². The first-order chi connectivity index (χ1) is 8.58. The van der Waals surface area contributed by atoms with E-state index in [4.69, 9.17) is 5.73 Å². The van der Waals surface area contributed by atoms with E-state index in [0.717, 1.165) is 9.26 Å². The number of non-ortho nitro benzene ring substituents is 1. The molecule has 0 heterocycles. The van der Waals surface area contributed by atoms with Crippen molar-refractivity contribution in [3.05, 3.63) is 56.1 Å². The van der Waals surface area contributed by atoms with Crippen molar-refractivity contribution in [3.8, 4) is 0 Å². The summed E-state index contributed by atoms with van der Waals surface area (Å²) in [5.41, 5.74) is 7.70. The number of nitrogens with two attached hydrogens (primary N) is 1. The number of hydrogen-bond acceptors (Lipinski definition) is 4. The summed E-state index contributed by atoms with van der Waals surface area (Å²) in [5.74, 6) is 0. The van der Waals surface area contributed by atoms with Crippen LogP contribution in [0.3, 0.4) is 0 Å². The number of hydrogen-bond donors (Lipinski definition) is 2. The fourth-order valence-electron chi connectivity index (χ4n) is 1.49. The van der Waals surface area contributed by atoms with Crippen molar-refractivity contribution in [2.75, 3.05) is 11.1 Å². The van der Waals surface area contributed by atoms with Gasteiger partial charge in [-0.1, -0.05) is 12.1 Å². The van der Waals surface area contributed by atoms with Crippen LogP contribution in [0.1, 0.15) is 0 Å². The van der Waals surface area contributed by atoms with E-state index in [1.165, 1.54) is 12.1 Å². The standard InChI is InChI=1S/C12H10IN3O2/c13-9-3-1-2-4-11(9)15-12-6-5-8(16(17)18)7-10(12)14/h1-7,15H,14H2. The number of para-hydroxylation sites is 1. The number of nitrogens with zero attached hydrogens (tertiary/aromatic N) is 1. The summed E-state index contributed by atoms with van der Waals surface area (Å²) in [4.78, 5) is 10.1. The van der Waals surface area contributed by atoms with Crippen LogP contribution in [-0.4, -0.2) is 4.92 Å². The van der Waals surface area contributed by atoms with Gasteiger partial charge in [0.15, 0.2) is 0 Å². The zero-order valence-electron chi connectivity index (χ0n) is 9.26. The molecule has 0 atom stereocenters. The number of nitrogens with one attached hydrogen (secondary N) is 1. The van der Waals surface area contributed by atoms with Crippen LogP contribution < -0.4 is 11.1 Å². The van der Waals surface area contributed by atoms with Gasteiger partial charge in [0.1, 0.15) is 0 Å². The van der Waals surface area contributed by atoms with Crippen LogP contribution >= 0.6 is 22.6 Å². The highest BCUT2D eigenvalue weighted by molar-refractivity contribution is 14.1. The molecule has 0 aliphatic heterocycles. The van der Waals surface area contributed by atoms with E-state index in [0.29, 0.717) is 11.4 Å². The van der Waals surface area contributed by atoms with E-state index in [9.17, 15) is 10.1 Å². The van der Waals surface area contributed by atoms with Gasteiger partial charge in [-0.15, -0.1) is 0 Å². The minimum absolute atomic E-state index is 0.0131. The van der Waals surface area contributed by atoms with Gasteiger partial charge in [-0.2, -0.15) is 0 Å². The Balaban J connectivity index is 2.30. The maximum Gasteiger partial charge on any atom is 0.271 e. The lowest BCUT2D eigenvalue weighted by Crippen LogP contribution is -1.99. The van der Waals surface area contributed by atoms with Crippen molar-refractivity contribution < 1.29 is 4.92 Å². The molecule has 92 valence electrons. The molecule has 0 radical (unpaired) electrons. The van der Waals surface area contributed by atoms with Gasteiger partial charge >= 0.3 is 0 Å². The Labute approximate surface area is 117 Å². The fourth-order valence-corrected chi connectivity index (χ4v) is 2.01. The van der Waals surface area contributed by atoms with Crippen LogP contribution in [-0.2, 0) is 0 Å². The SMILES string of the molecule is Nc1cc([N+](=O)[O-])ccc1Nc1ccccc1I. The van der Waals surface area contributed by atoms with Crippen LogP contribution in [0.4, 0.5) is 22.7 Å². The largest absolute Gasteiger partial charge is 0.397 e. The Hall–Kier alpha value is -1.83. The van der Waals surface area contributed by atoms with Crippen molar-refractivity contribution in [2.24, 2.45) is 0 Å². The minimum atomic E-state index is -0.466. The second-order valence-corrected chi connectivity index (χ2v) is 4.80. The lowest BCUT2D eigenvalue weighted by Gasteiger charge is -2.10. The van der Waals surface area contributed by atoms with E-state index < -0.39 is 4.92 Å². The summed E-state index contributed by atoms with van der Waals surface area (Å²) in [6, 6.07) is 12.1. The molecule has 0 aliphatic carbocycles. The lowest BCUT2D eigenvalue weighted by atomic mass is 10.2. The van der Waals surface area contributed by atoms with Gasteiger partial charge in [-0.05, 0) is 40.8 Å². The molecule has 0 spiro atoms. The number of nitro groups is 1. The van der Waals surface area contributed by atoms with Crippen LogP contribution in [0, 0.1) is 13.7 Å². The summed E-state index contributed by atoms with van der Waals surface area (Å²) in [5, 5.41) is 13.8. The smallest absolute Gasteiger partial charge is 0.271 e. The number of benzene rings is 2. The zero-order valence-corrected chi connectivity index (χ0v) is 11.4. The van der Waals surface area contributed by atoms with E-state index in [-0.39, 0.29) is 5.69 Å². The molecule has 18 heavy (non-hydrogen) atoms. The van der Waals surface area contributed by atoms with Gasteiger partial charge in [-0.25, -0.2) is 0 Å². The topological polar surface area (TPSA) is 81.2 Å². The molecule has 0 saturated heterocycles. The fraction of sp³-hybridized carbons (Fsp3) is 0. The molecule has 0 bridgehead atoms. The van der Waals surface area contributed by atoms with Crippen molar-refractivity contribution >= 4 is 45.3 Å². The maximum absolute atomic E-state index is 10.6. The average molecular weight is 355 g/mol. The van der Waals surface area contributed by atoms with Crippen LogP contribution in [0.2, 0.25) is 0 Å². The van der Waals surface area contributed by atoms with Gasteiger partial charge < -0.3 is 11.1 Å². The minimum Gasteiger partial charge on any atom is -0.397 e. The first kappa shape index (κ1) is 12.6. The molecule has 0 saturated carbocycles. The summed E-state index contributed by atoms with van der Waals surface area (Å²) < 4.78 is 1.05. The molecule has 5 nitrogen and oxygen atoms in total. The van der Waals surface area contributed by atoms with Crippen LogP contribution in [0.25, 0.3) is 0 Å². The summed E-state index contributed by atoms with van der Waals surface area (Å²) in [6.45, 7) is 0. The Morgan fingerprint density at radius 3 is 2.50 bits per heavy atom. The maximum atomic E-state index is 10.6. The number of halogens is 1. The highest BCUT2D eigenvalue weighted by Crippen LogP contribution is 2.28. The molecule has 0 aliphatic rings. The Bertz CT molecular complexity index is 602. The van der Waals surface area contributed by atoms with Crippen molar-refractivity contribution in [3.63, 3.8) is 0 Å². The van der Waals surface area contributed by atoms with Gasteiger partial charge in [-0.3, -0.25) is 10.1 Å². The van der Waals surface area contributed by atoms with E-state index >= 15 is 0 Å². The lowest BCUT2D eigenvalue weighted by molar-refractivity contribution is -0.384. The van der Waals surface area contributed by atoms with Gasteiger partial charge in [0.05, 0.1) is 22.0 Å². The molecule has 2 aromatic carbocycles. The van der Waals surface area contributed by atoms with E-state index in [1.807, 2.05) is 24.3 Å². The number of nitro benzene ring substituents is 1. The highest BCUT2D eigenvalue weighted by atomic mass is 127. The Morgan fingerprint density at radius 2 is 1.89 bits per heavy atom. The van der Waals surface area contributed by atoms with Gasteiger partial charge in [0, 0.05) is 15.7 Å². The van der Waals surface area contributed by atoms with E-state index in [1.54, 1.807) is 6.07 Å². The Kier molecular flexibility index (Phi) is 3.66. The third-order valence-corrected chi connectivity index (χ3v) is 3.33. The summed E-state index contributed by atoms with van der Waals surface area (Å²) >= 11 is 2.20. The summed E-state index contributed by atoms with van der Waals surface area (Å²) in [6.07, 6.45) is 0. The second-order valence-electron chi connectivity index (χ2n) is 3.63. The second kappa shape index (κ2) is 5.21. The molecule has 0 fully saturated rings. The predicted octanol–water partition coefficient (Wildman–Crippen LogP) is 3.53. The van der Waals surface area contributed by atoms with Crippen LogP contribution in [0.15, 0.2) is 42.5 Å². The van der Waals surface area contributed by atoms with Crippen molar-refractivity contribution in [2.45, 2.75) is 0 Å². The van der Waals surface area contributed by atoms with Gasteiger partial charge in [0.2, 0.25) is 0 Å². The average Bonchev–Trinajstić information content (AvgIpc) is 2.34. The normalized spacial score (nSPS) is 10.1. The third-order valence-electron chi connectivity index (χ3n) is 2.39. The molecule has 6 heteroatoms. The quantitative estimate of drug-likeness (QED) is 0.382. The first-order valence-corrected chi connectivity index (χ1v) is 6.21. The molecular formula is C12H10IN3O2. The summed E-state index contributed by atoms with van der Waals surface area (Å²) in [7, 11) is 0.